The van der Waals surface area contributed by atoms with Crippen molar-refractivity contribution in [1.29, 1.82) is 0 Å². The highest BCUT2D eigenvalue weighted by atomic mass is 16.5. The first kappa shape index (κ1) is 20.3. The van der Waals surface area contributed by atoms with Gasteiger partial charge in [-0.2, -0.15) is 15.0 Å². The van der Waals surface area contributed by atoms with Crippen LogP contribution in [0.3, 0.4) is 0 Å². The molecule has 29 heavy (non-hydrogen) atoms. The van der Waals surface area contributed by atoms with Gasteiger partial charge in [0.2, 0.25) is 11.9 Å². The van der Waals surface area contributed by atoms with E-state index in [-0.39, 0.29) is 18.4 Å². The molecular weight excluding hydrogens is 366 g/mol. The van der Waals surface area contributed by atoms with Gasteiger partial charge in [-0.15, -0.1) is 0 Å². The fourth-order valence-electron chi connectivity index (χ4n) is 3.22. The van der Waals surface area contributed by atoms with Gasteiger partial charge in [0, 0.05) is 5.69 Å². The van der Waals surface area contributed by atoms with E-state index in [2.05, 4.69) is 27.2 Å². The van der Waals surface area contributed by atoms with Crippen molar-refractivity contribution in [1.82, 2.24) is 15.0 Å². The van der Waals surface area contributed by atoms with Crippen LogP contribution in [0.1, 0.15) is 44.0 Å². The van der Waals surface area contributed by atoms with Crippen LogP contribution < -0.4 is 11.1 Å². The fraction of sp³-hybridized carbons (Fsp3) is 0.273. The molecule has 1 heterocycles. The lowest BCUT2D eigenvalue weighted by Gasteiger charge is -2.17. The van der Waals surface area contributed by atoms with Crippen molar-refractivity contribution in [3.05, 3.63) is 69.5 Å². The molecule has 0 saturated heterocycles. The highest BCUT2D eigenvalue weighted by molar-refractivity contribution is 5.93. The Labute approximate surface area is 170 Å². The van der Waals surface area contributed by atoms with Gasteiger partial charge in [0.15, 0.2) is 12.4 Å². The molecule has 0 spiro atoms. The second kappa shape index (κ2) is 8.26. The zero-order valence-electron chi connectivity index (χ0n) is 17.3. The maximum Gasteiger partial charge on any atom is 0.339 e. The number of nitrogens with zero attached hydrogens (tertiary/aromatic N) is 3. The number of hydrogen-bond acceptors (Lipinski definition) is 7. The van der Waals surface area contributed by atoms with Crippen LogP contribution in [0.4, 0.5) is 17.6 Å². The summed E-state index contributed by atoms with van der Waals surface area (Å²) in [6, 6.07) is 9.47. The zero-order valence-corrected chi connectivity index (χ0v) is 17.3. The van der Waals surface area contributed by atoms with E-state index in [4.69, 9.17) is 10.5 Å². The van der Waals surface area contributed by atoms with Crippen LogP contribution in [-0.4, -0.2) is 20.9 Å². The monoisotopic (exact) mass is 391 g/mol. The molecule has 0 bridgehead atoms. The quantitative estimate of drug-likeness (QED) is 0.631. The summed E-state index contributed by atoms with van der Waals surface area (Å²) in [4.78, 5) is 25.2. The highest BCUT2D eigenvalue weighted by Crippen LogP contribution is 2.26. The number of ether oxygens (including phenoxy) is 1. The molecule has 3 aromatic rings. The van der Waals surface area contributed by atoms with Gasteiger partial charge in [-0.25, -0.2) is 4.79 Å². The molecule has 150 valence electrons. The van der Waals surface area contributed by atoms with Gasteiger partial charge in [0.1, 0.15) is 0 Å². The first-order valence-corrected chi connectivity index (χ1v) is 9.34. The molecule has 0 atom stereocenters. The Kier molecular flexibility index (Phi) is 5.77. The summed E-state index contributed by atoms with van der Waals surface area (Å²) in [5.74, 6) is 0.228. The summed E-state index contributed by atoms with van der Waals surface area (Å²) < 4.78 is 5.51. The number of rotatable bonds is 5. The second-order valence-electron chi connectivity index (χ2n) is 7.00. The van der Waals surface area contributed by atoms with Gasteiger partial charge < -0.3 is 15.8 Å². The van der Waals surface area contributed by atoms with Crippen LogP contribution in [0.2, 0.25) is 0 Å². The molecule has 3 rings (SSSR count). The second-order valence-corrected chi connectivity index (χ2v) is 7.00. The van der Waals surface area contributed by atoms with Crippen molar-refractivity contribution in [2.45, 2.75) is 41.2 Å². The minimum absolute atomic E-state index is 0.0545. The van der Waals surface area contributed by atoms with Crippen molar-refractivity contribution in [3.63, 3.8) is 0 Å². The number of nitrogens with one attached hydrogen (secondary N) is 1. The zero-order chi connectivity index (χ0) is 21.1. The Morgan fingerprint density at radius 2 is 1.48 bits per heavy atom. The summed E-state index contributed by atoms with van der Waals surface area (Å²) in [5, 5.41) is 3.06. The molecule has 0 radical (unpaired) electrons. The predicted molar refractivity (Wildman–Crippen MR) is 113 cm³/mol. The number of benzene rings is 2. The lowest BCUT2D eigenvalue weighted by atomic mass is 9.90. The minimum Gasteiger partial charge on any atom is -0.454 e. The van der Waals surface area contributed by atoms with E-state index in [0.29, 0.717) is 11.5 Å². The Balaban J connectivity index is 1.79. The van der Waals surface area contributed by atoms with E-state index >= 15 is 0 Å². The average molecular weight is 391 g/mol. The smallest absolute Gasteiger partial charge is 0.339 e. The SMILES string of the molecule is Cc1c(C)c(C)c(C(=O)OCc2nc(N)nc(Nc3ccccc3)n2)c(C)c1C. The molecule has 7 heteroatoms. The van der Waals surface area contributed by atoms with Crippen LogP contribution in [0.5, 0.6) is 0 Å². The number of para-hydroxylation sites is 1. The number of anilines is 3. The van der Waals surface area contributed by atoms with Crippen molar-refractivity contribution < 1.29 is 9.53 Å². The minimum atomic E-state index is -0.400. The number of hydrogen-bond donors (Lipinski definition) is 2. The van der Waals surface area contributed by atoms with Crippen LogP contribution >= 0.6 is 0 Å². The maximum absolute atomic E-state index is 12.8. The largest absolute Gasteiger partial charge is 0.454 e. The predicted octanol–water partition coefficient (Wildman–Crippen LogP) is 4.10. The van der Waals surface area contributed by atoms with Crippen LogP contribution in [-0.2, 0) is 11.3 Å². The third kappa shape index (κ3) is 4.34. The maximum atomic E-state index is 12.8. The number of carbonyl (C=O) groups is 1. The van der Waals surface area contributed by atoms with Crippen LogP contribution in [0, 0.1) is 34.6 Å². The summed E-state index contributed by atoms with van der Waals surface area (Å²) >= 11 is 0. The number of esters is 1. The molecular formula is C22H25N5O2. The summed E-state index contributed by atoms with van der Waals surface area (Å²) in [5.41, 5.74) is 12.4. The van der Waals surface area contributed by atoms with Crippen molar-refractivity contribution >= 4 is 23.6 Å². The number of nitrogen functional groups attached to an aromatic ring is 1. The van der Waals surface area contributed by atoms with E-state index in [1.165, 1.54) is 5.56 Å². The third-order valence-corrected chi connectivity index (χ3v) is 5.27. The molecule has 0 saturated carbocycles. The van der Waals surface area contributed by atoms with Crippen molar-refractivity contribution in [2.75, 3.05) is 11.1 Å². The van der Waals surface area contributed by atoms with Gasteiger partial charge in [-0.05, 0) is 74.6 Å². The van der Waals surface area contributed by atoms with Crippen LogP contribution in [0.15, 0.2) is 30.3 Å². The first-order valence-electron chi connectivity index (χ1n) is 9.34. The molecule has 0 aliphatic carbocycles. The fourth-order valence-corrected chi connectivity index (χ4v) is 3.22. The Hall–Kier alpha value is -3.48. The van der Waals surface area contributed by atoms with Crippen LogP contribution in [0.25, 0.3) is 0 Å². The first-order chi connectivity index (χ1) is 13.8. The normalized spacial score (nSPS) is 10.7. The molecule has 0 aliphatic rings. The molecule has 7 nitrogen and oxygen atoms in total. The van der Waals surface area contributed by atoms with Gasteiger partial charge in [0.05, 0.1) is 5.56 Å². The van der Waals surface area contributed by atoms with Gasteiger partial charge in [-0.1, -0.05) is 18.2 Å². The topological polar surface area (TPSA) is 103 Å². The molecule has 0 amide bonds. The molecule has 2 aromatic carbocycles. The number of carbonyl (C=O) groups excluding carboxylic acids is 1. The lowest BCUT2D eigenvalue weighted by Crippen LogP contribution is -2.14. The van der Waals surface area contributed by atoms with Gasteiger partial charge >= 0.3 is 5.97 Å². The number of aromatic nitrogens is 3. The third-order valence-electron chi connectivity index (χ3n) is 5.27. The molecule has 1 aromatic heterocycles. The lowest BCUT2D eigenvalue weighted by molar-refractivity contribution is 0.0460. The van der Waals surface area contributed by atoms with Gasteiger partial charge in [0.25, 0.3) is 0 Å². The summed E-state index contributed by atoms with van der Waals surface area (Å²) in [7, 11) is 0. The summed E-state index contributed by atoms with van der Waals surface area (Å²) in [6.07, 6.45) is 0. The molecule has 0 aliphatic heterocycles. The van der Waals surface area contributed by atoms with Crippen molar-refractivity contribution in [2.24, 2.45) is 0 Å². The molecule has 3 N–H and O–H groups in total. The average Bonchev–Trinajstić information content (AvgIpc) is 2.70. The number of nitrogens with two attached hydrogens (primary N) is 1. The van der Waals surface area contributed by atoms with Crippen molar-refractivity contribution in [3.8, 4) is 0 Å². The Bertz CT molecular complexity index is 1040. The standard InChI is InChI=1S/C22H25N5O2/c1-12-13(2)15(4)19(16(5)14(12)3)20(28)29-11-18-25-21(23)27-22(26-18)24-17-9-7-6-8-10-17/h6-10H,11H2,1-5H3,(H3,23,24,25,26,27). The Morgan fingerprint density at radius 3 is 2.10 bits per heavy atom. The summed E-state index contributed by atoms with van der Waals surface area (Å²) in [6.45, 7) is 9.88. The molecule has 0 fully saturated rings. The van der Waals surface area contributed by atoms with Gasteiger partial charge in [-0.3, -0.25) is 0 Å². The van der Waals surface area contributed by atoms with E-state index < -0.39 is 5.97 Å². The van der Waals surface area contributed by atoms with E-state index in [0.717, 1.165) is 27.9 Å². The van der Waals surface area contributed by atoms with E-state index in [1.807, 2.05) is 58.0 Å². The van der Waals surface area contributed by atoms with E-state index in [9.17, 15) is 4.79 Å². The highest BCUT2D eigenvalue weighted by Gasteiger charge is 2.20. The van der Waals surface area contributed by atoms with E-state index in [1.54, 1.807) is 0 Å². The molecule has 0 unspecified atom stereocenters. The Morgan fingerprint density at radius 1 is 0.897 bits per heavy atom.